The highest BCUT2D eigenvalue weighted by molar-refractivity contribution is 6.31. The lowest BCUT2D eigenvalue weighted by Gasteiger charge is -2.23. The monoisotopic (exact) mass is 585 g/mol. The van der Waals surface area contributed by atoms with Crippen LogP contribution in [0.4, 0.5) is 4.39 Å². The standard InChI is InChI=1S/C32H29ClFN5O3/c33-25-9-10-29-26(16-25)28(37-39(29)31-6-2-4-12-42-31)19-36-32(41)24-14-22(17-35-18-24)13-23-8-7-21(15-27(23)34)20-38-11-3-1-5-30(38)40/h1,3,5,7-11,14-18,31H,2,4,6,12-13,19-20H2,(H,36,41). The van der Waals surface area contributed by atoms with Crippen LogP contribution in [0.25, 0.3) is 10.9 Å². The third kappa shape index (κ3) is 6.12. The lowest BCUT2D eigenvalue weighted by atomic mass is 10.0. The van der Waals surface area contributed by atoms with E-state index in [1.54, 1.807) is 42.7 Å². The predicted molar refractivity (Wildman–Crippen MR) is 158 cm³/mol. The molecule has 3 aromatic heterocycles. The number of amides is 1. The van der Waals surface area contributed by atoms with Gasteiger partial charge in [0, 0.05) is 48.1 Å². The van der Waals surface area contributed by atoms with Gasteiger partial charge in [-0.3, -0.25) is 14.6 Å². The van der Waals surface area contributed by atoms with Gasteiger partial charge in [0.15, 0.2) is 6.23 Å². The summed E-state index contributed by atoms with van der Waals surface area (Å²) in [6, 6.07) is 17.2. The van der Waals surface area contributed by atoms with Crippen molar-refractivity contribution >= 4 is 28.4 Å². The Morgan fingerprint density at radius 3 is 2.79 bits per heavy atom. The van der Waals surface area contributed by atoms with Gasteiger partial charge in [0.2, 0.25) is 0 Å². The molecule has 0 spiro atoms. The highest BCUT2D eigenvalue weighted by Gasteiger charge is 2.21. The number of halogens is 2. The number of nitrogens with zero attached hydrogens (tertiary/aromatic N) is 4. The summed E-state index contributed by atoms with van der Waals surface area (Å²) in [5.41, 5.74) is 3.67. The van der Waals surface area contributed by atoms with Crippen LogP contribution in [0, 0.1) is 5.82 Å². The molecule has 0 saturated carbocycles. The van der Waals surface area contributed by atoms with Crippen LogP contribution in [0.2, 0.25) is 5.02 Å². The van der Waals surface area contributed by atoms with Crippen molar-refractivity contribution in [1.29, 1.82) is 0 Å². The maximum atomic E-state index is 15.0. The summed E-state index contributed by atoms with van der Waals surface area (Å²) in [5, 5.41) is 9.17. The maximum absolute atomic E-state index is 15.0. The van der Waals surface area contributed by atoms with E-state index in [2.05, 4.69) is 10.3 Å². The van der Waals surface area contributed by atoms with Crippen LogP contribution in [0.3, 0.4) is 0 Å². The van der Waals surface area contributed by atoms with E-state index in [0.29, 0.717) is 39.6 Å². The third-order valence-electron chi connectivity index (χ3n) is 7.41. The summed E-state index contributed by atoms with van der Waals surface area (Å²) in [6.07, 6.45) is 7.87. The van der Waals surface area contributed by atoms with Crippen molar-refractivity contribution in [2.75, 3.05) is 6.61 Å². The second-order valence-electron chi connectivity index (χ2n) is 10.4. The van der Waals surface area contributed by atoms with Crippen molar-refractivity contribution in [3.63, 3.8) is 0 Å². The number of nitrogens with one attached hydrogen (secondary N) is 1. The molecule has 1 N–H and O–H groups in total. The summed E-state index contributed by atoms with van der Waals surface area (Å²) in [4.78, 5) is 29.3. The molecule has 0 aliphatic carbocycles. The number of carbonyl (C=O) groups is 1. The molecule has 1 amide bonds. The lowest BCUT2D eigenvalue weighted by molar-refractivity contribution is -0.0369. The van der Waals surface area contributed by atoms with Gasteiger partial charge < -0.3 is 14.6 Å². The Morgan fingerprint density at radius 2 is 1.98 bits per heavy atom. The lowest BCUT2D eigenvalue weighted by Crippen LogP contribution is -2.24. The van der Waals surface area contributed by atoms with Crippen molar-refractivity contribution in [1.82, 2.24) is 24.6 Å². The Kier molecular flexibility index (Phi) is 8.12. The minimum absolute atomic E-state index is 0.147. The van der Waals surface area contributed by atoms with E-state index < -0.39 is 0 Å². The second-order valence-corrected chi connectivity index (χ2v) is 10.8. The molecule has 1 fully saturated rings. The quantitative estimate of drug-likeness (QED) is 0.254. The van der Waals surface area contributed by atoms with E-state index >= 15 is 0 Å². The first kappa shape index (κ1) is 27.8. The molecule has 6 rings (SSSR count). The molecule has 42 heavy (non-hydrogen) atoms. The zero-order chi connectivity index (χ0) is 29.1. The molecule has 2 aromatic carbocycles. The van der Waals surface area contributed by atoms with Crippen molar-refractivity contribution in [3.8, 4) is 0 Å². The number of hydrogen-bond acceptors (Lipinski definition) is 5. The number of ether oxygens (including phenoxy) is 1. The topological polar surface area (TPSA) is 91.0 Å². The highest BCUT2D eigenvalue weighted by Crippen LogP contribution is 2.30. The van der Waals surface area contributed by atoms with Gasteiger partial charge in [0.1, 0.15) is 5.82 Å². The fraction of sp³-hybridized carbons (Fsp3) is 0.250. The van der Waals surface area contributed by atoms with Gasteiger partial charge in [-0.2, -0.15) is 5.10 Å². The van der Waals surface area contributed by atoms with Gasteiger partial charge in [0.05, 0.1) is 29.9 Å². The van der Waals surface area contributed by atoms with Crippen LogP contribution >= 0.6 is 11.6 Å². The molecule has 0 radical (unpaired) electrons. The van der Waals surface area contributed by atoms with Crippen LogP contribution in [0.1, 0.15) is 58.2 Å². The molecular weight excluding hydrogens is 557 g/mol. The summed E-state index contributed by atoms with van der Waals surface area (Å²) in [6.45, 7) is 1.17. The number of fused-ring (bicyclic) bond motifs is 1. The zero-order valence-corrected chi connectivity index (χ0v) is 23.6. The maximum Gasteiger partial charge on any atom is 0.253 e. The average molecular weight is 586 g/mol. The van der Waals surface area contributed by atoms with Crippen LogP contribution in [-0.4, -0.2) is 31.8 Å². The molecular formula is C32H29ClFN5O3. The van der Waals surface area contributed by atoms with E-state index in [0.717, 1.165) is 30.2 Å². The fourth-order valence-corrected chi connectivity index (χ4v) is 5.43. The van der Waals surface area contributed by atoms with E-state index in [9.17, 15) is 14.0 Å². The minimum atomic E-state index is -0.380. The molecule has 214 valence electrons. The smallest absolute Gasteiger partial charge is 0.253 e. The number of benzene rings is 2. The van der Waals surface area contributed by atoms with Gasteiger partial charge >= 0.3 is 0 Å². The molecule has 1 atom stereocenters. The first-order valence-electron chi connectivity index (χ1n) is 13.9. The fourth-order valence-electron chi connectivity index (χ4n) is 5.26. The number of aromatic nitrogens is 4. The van der Waals surface area contributed by atoms with Crippen LogP contribution in [0.5, 0.6) is 0 Å². The molecule has 5 aromatic rings. The molecule has 1 aliphatic rings. The molecule has 8 nitrogen and oxygen atoms in total. The van der Waals surface area contributed by atoms with Gasteiger partial charge in [0.25, 0.3) is 11.5 Å². The van der Waals surface area contributed by atoms with Gasteiger partial charge in [-0.15, -0.1) is 0 Å². The van der Waals surface area contributed by atoms with E-state index in [1.165, 1.54) is 22.9 Å². The van der Waals surface area contributed by atoms with E-state index in [1.807, 2.05) is 22.9 Å². The second kappa shape index (κ2) is 12.3. The Balaban J connectivity index is 1.15. The molecule has 4 heterocycles. The number of carbonyl (C=O) groups excluding carboxylic acids is 1. The summed E-state index contributed by atoms with van der Waals surface area (Å²) in [5.74, 6) is -0.693. The Bertz CT molecular complexity index is 1810. The Hall–Kier alpha value is -4.34. The van der Waals surface area contributed by atoms with Gasteiger partial charge in [-0.05, 0) is 72.4 Å². The van der Waals surface area contributed by atoms with Crippen LogP contribution in [0.15, 0.2) is 84.0 Å². The summed E-state index contributed by atoms with van der Waals surface area (Å²) in [7, 11) is 0. The molecule has 0 bridgehead atoms. The van der Waals surface area contributed by atoms with Gasteiger partial charge in [-0.25, -0.2) is 9.07 Å². The number of pyridine rings is 2. The van der Waals surface area contributed by atoms with E-state index in [4.69, 9.17) is 21.4 Å². The van der Waals surface area contributed by atoms with E-state index in [-0.39, 0.29) is 43.0 Å². The highest BCUT2D eigenvalue weighted by atomic mass is 35.5. The van der Waals surface area contributed by atoms with Crippen molar-refractivity contribution in [2.45, 2.75) is 45.0 Å². The Morgan fingerprint density at radius 1 is 1.07 bits per heavy atom. The van der Waals surface area contributed by atoms with Crippen molar-refractivity contribution in [3.05, 3.63) is 128 Å². The van der Waals surface area contributed by atoms with Crippen molar-refractivity contribution < 1.29 is 13.9 Å². The molecule has 1 unspecified atom stereocenters. The normalized spacial score (nSPS) is 15.1. The van der Waals surface area contributed by atoms with Gasteiger partial charge in [-0.1, -0.05) is 29.8 Å². The number of rotatable bonds is 8. The summed E-state index contributed by atoms with van der Waals surface area (Å²) >= 11 is 6.29. The largest absolute Gasteiger partial charge is 0.356 e. The minimum Gasteiger partial charge on any atom is -0.356 e. The zero-order valence-electron chi connectivity index (χ0n) is 22.8. The molecule has 1 aliphatic heterocycles. The average Bonchev–Trinajstić information content (AvgIpc) is 3.36. The first-order chi connectivity index (χ1) is 20.4. The molecule has 1 saturated heterocycles. The Labute approximate surface area is 246 Å². The first-order valence-corrected chi connectivity index (χ1v) is 14.3. The predicted octanol–water partition coefficient (Wildman–Crippen LogP) is 5.65. The molecule has 10 heteroatoms. The van der Waals surface area contributed by atoms with Crippen molar-refractivity contribution in [2.24, 2.45) is 0 Å². The SMILES string of the molecule is O=C(NCc1nn(C2CCCCO2)c2ccc(Cl)cc12)c1cncc(Cc2ccc(Cn3ccccc3=O)cc2F)c1. The number of hydrogen-bond donors (Lipinski definition) is 1. The third-order valence-corrected chi connectivity index (χ3v) is 7.65. The van der Waals surface area contributed by atoms with Crippen LogP contribution < -0.4 is 10.9 Å². The summed E-state index contributed by atoms with van der Waals surface area (Å²) < 4.78 is 24.3. The van der Waals surface area contributed by atoms with Crippen LogP contribution in [-0.2, 0) is 24.2 Å².